The molecule has 35 heavy (non-hydrogen) atoms. The predicted octanol–water partition coefficient (Wildman–Crippen LogP) is 3.85. The number of H-pyrrole nitrogens is 1. The zero-order valence-corrected chi connectivity index (χ0v) is 19.6. The van der Waals surface area contributed by atoms with Crippen LogP contribution >= 0.6 is 0 Å². The van der Waals surface area contributed by atoms with E-state index in [1.165, 1.54) is 0 Å². The van der Waals surface area contributed by atoms with Crippen LogP contribution in [0, 0.1) is 13.8 Å². The van der Waals surface area contributed by atoms with Crippen LogP contribution in [-0.4, -0.2) is 37.7 Å². The van der Waals surface area contributed by atoms with E-state index in [9.17, 15) is 9.59 Å². The molecule has 0 unspecified atom stereocenters. The van der Waals surface area contributed by atoms with Crippen molar-refractivity contribution in [1.29, 1.82) is 0 Å². The minimum atomic E-state index is -0.290. The van der Waals surface area contributed by atoms with Gasteiger partial charge in [0.2, 0.25) is 5.91 Å². The summed E-state index contributed by atoms with van der Waals surface area (Å²) in [6.45, 7) is 3.84. The van der Waals surface area contributed by atoms with Crippen molar-refractivity contribution in [3.63, 3.8) is 0 Å². The lowest BCUT2D eigenvalue weighted by Crippen LogP contribution is -2.20. The number of fused-ring (bicyclic) bond motifs is 2. The van der Waals surface area contributed by atoms with Crippen LogP contribution in [0.2, 0.25) is 0 Å². The monoisotopic (exact) mass is 468 g/mol. The van der Waals surface area contributed by atoms with E-state index < -0.39 is 0 Å². The Kier molecular flexibility index (Phi) is 5.74. The van der Waals surface area contributed by atoms with Gasteiger partial charge < -0.3 is 15.0 Å². The molecule has 0 aliphatic heterocycles. The van der Waals surface area contributed by atoms with E-state index in [2.05, 4.69) is 20.4 Å². The molecule has 5 aromatic rings. The summed E-state index contributed by atoms with van der Waals surface area (Å²) in [5.41, 5.74) is 3.84. The lowest BCUT2D eigenvalue weighted by Gasteiger charge is -2.12. The molecule has 9 heteroatoms. The standard InChI is InChI=1S/C26H24N6O3/c1-15-13-22(30-25-17(15)7-6-10-21(25)35-3)32-23(14-16(2)31-32)29-24(33)12-11-20-26(34)28-19-9-5-4-8-18(19)27-20/h4-10,13-14H,11-12H2,1-3H3,(H,28,34)(H,29,33). The Hall–Kier alpha value is -4.53. The largest absolute Gasteiger partial charge is 0.494 e. The molecule has 0 saturated heterocycles. The fourth-order valence-corrected chi connectivity index (χ4v) is 4.08. The maximum Gasteiger partial charge on any atom is 0.270 e. The first-order valence-corrected chi connectivity index (χ1v) is 11.2. The average Bonchev–Trinajstić information content (AvgIpc) is 3.22. The molecular formula is C26H24N6O3. The van der Waals surface area contributed by atoms with E-state index in [0.29, 0.717) is 34.1 Å². The molecule has 0 radical (unpaired) electrons. The van der Waals surface area contributed by atoms with Gasteiger partial charge in [0.05, 0.1) is 23.8 Å². The number of aryl methyl sites for hydroxylation is 3. The molecule has 0 atom stereocenters. The molecule has 0 spiro atoms. The lowest BCUT2D eigenvalue weighted by atomic mass is 10.1. The van der Waals surface area contributed by atoms with Crippen molar-refractivity contribution in [2.24, 2.45) is 0 Å². The van der Waals surface area contributed by atoms with Crippen molar-refractivity contribution in [3.8, 4) is 11.6 Å². The molecule has 0 aliphatic rings. The SMILES string of the molecule is COc1cccc2c(C)cc(-n3nc(C)cc3NC(=O)CCc3nc4ccccc4[nH]c3=O)nc12. The Bertz CT molecular complexity index is 1640. The molecule has 0 bridgehead atoms. The highest BCUT2D eigenvalue weighted by molar-refractivity contribution is 5.91. The van der Waals surface area contributed by atoms with Crippen molar-refractivity contribution in [2.75, 3.05) is 12.4 Å². The molecule has 1 amide bonds. The number of aromatic amines is 1. The van der Waals surface area contributed by atoms with Gasteiger partial charge in [-0.1, -0.05) is 24.3 Å². The number of carbonyl (C=O) groups excluding carboxylic acids is 1. The second-order valence-corrected chi connectivity index (χ2v) is 8.31. The number of nitrogens with one attached hydrogen (secondary N) is 2. The van der Waals surface area contributed by atoms with Crippen LogP contribution in [0.5, 0.6) is 5.75 Å². The summed E-state index contributed by atoms with van der Waals surface area (Å²) in [7, 11) is 1.61. The van der Waals surface area contributed by atoms with Crippen LogP contribution in [-0.2, 0) is 11.2 Å². The molecular weight excluding hydrogens is 444 g/mol. The molecule has 2 N–H and O–H groups in total. The zero-order valence-electron chi connectivity index (χ0n) is 19.6. The summed E-state index contributed by atoms with van der Waals surface area (Å²) < 4.78 is 7.09. The third kappa shape index (κ3) is 4.35. The van der Waals surface area contributed by atoms with Crippen LogP contribution in [0.25, 0.3) is 27.8 Å². The molecule has 2 aromatic carbocycles. The number of methoxy groups -OCH3 is 1. The van der Waals surface area contributed by atoms with E-state index in [1.807, 2.05) is 56.3 Å². The summed E-state index contributed by atoms with van der Waals surface area (Å²) >= 11 is 0. The normalized spacial score (nSPS) is 11.2. The quantitative estimate of drug-likeness (QED) is 0.391. The van der Waals surface area contributed by atoms with Gasteiger partial charge in [-0.2, -0.15) is 9.78 Å². The summed E-state index contributed by atoms with van der Waals surface area (Å²) in [6.07, 6.45) is 0.306. The van der Waals surface area contributed by atoms with E-state index in [-0.39, 0.29) is 24.3 Å². The van der Waals surface area contributed by atoms with Gasteiger partial charge in [-0.05, 0) is 43.7 Å². The molecule has 0 fully saturated rings. The predicted molar refractivity (Wildman–Crippen MR) is 134 cm³/mol. The number of aromatic nitrogens is 5. The maximum atomic E-state index is 12.8. The number of nitrogens with zero attached hydrogens (tertiary/aromatic N) is 4. The Morgan fingerprint density at radius 1 is 1.09 bits per heavy atom. The Balaban J connectivity index is 1.40. The number of ether oxygens (including phenoxy) is 1. The number of anilines is 1. The van der Waals surface area contributed by atoms with E-state index in [4.69, 9.17) is 9.72 Å². The molecule has 0 aliphatic carbocycles. The molecule has 5 rings (SSSR count). The second kappa shape index (κ2) is 9.02. The van der Waals surface area contributed by atoms with Crippen LogP contribution in [0.15, 0.2) is 59.4 Å². The second-order valence-electron chi connectivity index (χ2n) is 8.31. The summed E-state index contributed by atoms with van der Waals surface area (Å²) in [4.78, 5) is 37.1. The van der Waals surface area contributed by atoms with E-state index in [0.717, 1.165) is 22.2 Å². The summed E-state index contributed by atoms with van der Waals surface area (Å²) in [5.74, 6) is 1.47. The lowest BCUT2D eigenvalue weighted by molar-refractivity contribution is -0.116. The number of carbonyl (C=O) groups is 1. The number of para-hydroxylation sites is 3. The van der Waals surface area contributed by atoms with Gasteiger partial charge in [-0.15, -0.1) is 0 Å². The van der Waals surface area contributed by atoms with Gasteiger partial charge in [0.1, 0.15) is 22.8 Å². The van der Waals surface area contributed by atoms with Gasteiger partial charge in [0.15, 0.2) is 5.82 Å². The highest BCUT2D eigenvalue weighted by Gasteiger charge is 2.16. The molecule has 0 saturated carbocycles. The van der Waals surface area contributed by atoms with Gasteiger partial charge in [0, 0.05) is 24.3 Å². The van der Waals surface area contributed by atoms with Crippen molar-refractivity contribution >= 4 is 33.7 Å². The van der Waals surface area contributed by atoms with Crippen LogP contribution < -0.4 is 15.6 Å². The van der Waals surface area contributed by atoms with Crippen LogP contribution in [0.3, 0.4) is 0 Å². The number of pyridine rings is 1. The fraction of sp³-hybridized carbons (Fsp3) is 0.192. The first-order valence-electron chi connectivity index (χ1n) is 11.2. The highest BCUT2D eigenvalue weighted by atomic mass is 16.5. The third-order valence-electron chi connectivity index (χ3n) is 5.79. The van der Waals surface area contributed by atoms with Gasteiger partial charge in [-0.25, -0.2) is 9.97 Å². The van der Waals surface area contributed by atoms with Gasteiger partial charge >= 0.3 is 0 Å². The Morgan fingerprint density at radius 3 is 2.74 bits per heavy atom. The molecule has 9 nitrogen and oxygen atoms in total. The topological polar surface area (TPSA) is 115 Å². The first-order chi connectivity index (χ1) is 16.9. The van der Waals surface area contributed by atoms with Gasteiger partial charge in [-0.3, -0.25) is 9.59 Å². The minimum absolute atomic E-state index is 0.0939. The highest BCUT2D eigenvalue weighted by Crippen LogP contribution is 2.28. The third-order valence-corrected chi connectivity index (χ3v) is 5.79. The summed E-state index contributed by atoms with van der Waals surface area (Å²) in [6, 6.07) is 16.8. The van der Waals surface area contributed by atoms with Crippen molar-refractivity contribution in [3.05, 3.63) is 81.9 Å². The fourth-order valence-electron chi connectivity index (χ4n) is 4.08. The minimum Gasteiger partial charge on any atom is -0.494 e. The van der Waals surface area contributed by atoms with Crippen molar-refractivity contribution < 1.29 is 9.53 Å². The number of hydrogen-bond donors (Lipinski definition) is 2. The first kappa shape index (κ1) is 22.3. The molecule has 176 valence electrons. The number of rotatable bonds is 6. The smallest absolute Gasteiger partial charge is 0.270 e. The zero-order chi connectivity index (χ0) is 24.5. The van der Waals surface area contributed by atoms with E-state index >= 15 is 0 Å². The average molecular weight is 469 g/mol. The van der Waals surface area contributed by atoms with Crippen LogP contribution in [0.1, 0.15) is 23.4 Å². The maximum absolute atomic E-state index is 12.8. The van der Waals surface area contributed by atoms with Crippen molar-refractivity contribution in [1.82, 2.24) is 24.7 Å². The number of amides is 1. The van der Waals surface area contributed by atoms with E-state index in [1.54, 1.807) is 23.9 Å². The molecule has 3 heterocycles. The van der Waals surface area contributed by atoms with Crippen LogP contribution in [0.4, 0.5) is 5.82 Å². The van der Waals surface area contributed by atoms with Crippen molar-refractivity contribution in [2.45, 2.75) is 26.7 Å². The number of benzene rings is 2. The summed E-state index contributed by atoms with van der Waals surface area (Å²) in [5, 5.41) is 8.42. The number of hydrogen-bond acceptors (Lipinski definition) is 6. The van der Waals surface area contributed by atoms with Gasteiger partial charge in [0.25, 0.3) is 5.56 Å². The Morgan fingerprint density at radius 2 is 1.91 bits per heavy atom. The Labute approximate surface area is 200 Å². The molecule has 3 aromatic heterocycles.